The highest BCUT2D eigenvalue weighted by Crippen LogP contribution is 2.23. The first-order valence-corrected chi connectivity index (χ1v) is 12.1. The summed E-state index contributed by atoms with van der Waals surface area (Å²) in [6.07, 6.45) is 2.35. The van der Waals surface area contributed by atoms with Gasteiger partial charge in [-0.25, -0.2) is 23.1 Å². The lowest BCUT2D eigenvalue weighted by Gasteiger charge is -2.17. The minimum Gasteiger partial charge on any atom is -0.457 e. The van der Waals surface area contributed by atoms with Crippen molar-refractivity contribution in [3.8, 4) is 11.5 Å². The van der Waals surface area contributed by atoms with E-state index in [2.05, 4.69) is 24.9 Å². The van der Waals surface area contributed by atoms with Gasteiger partial charge < -0.3 is 15.0 Å². The molecule has 2 N–H and O–H groups in total. The van der Waals surface area contributed by atoms with Crippen molar-refractivity contribution in [3.05, 3.63) is 66.5 Å². The minimum atomic E-state index is -3.62. The van der Waals surface area contributed by atoms with Gasteiger partial charge in [-0.2, -0.15) is 0 Å². The molecule has 32 heavy (non-hydrogen) atoms. The molecule has 9 heteroatoms. The van der Waals surface area contributed by atoms with Crippen LogP contribution in [-0.4, -0.2) is 44.6 Å². The summed E-state index contributed by atoms with van der Waals surface area (Å²) in [7, 11) is -3.62. The van der Waals surface area contributed by atoms with E-state index < -0.39 is 10.0 Å². The topological polar surface area (TPSA) is 96.5 Å². The fourth-order valence-corrected chi connectivity index (χ4v) is 4.55. The molecular formula is C23H27N5O3S. The van der Waals surface area contributed by atoms with E-state index >= 15 is 0 Å². The largest absolute Gasteiger partial charge is 0.457 e. The van der Waals surface area contributed by atoms with Crippen LogP contribution >= 0.6 is 0 Å². The van der Waals surface area contributed by atoms with E-state index in [9.17, 15) is 8.42 Å². The van der Waals surface area contributed by atoms with Crippen molar-refractivity contribution >= 4 is 21.7 Å². The quantitative estimate of drug-likeness (QED) is 0.478. The number of ether oxygens (including phenoxy) is 1. The molecule has 0 unspecified atom stereocenters. The second kappa shape index (κ2) is 9.97. The Morgan fingerprint density at radius 3 is 2.34 bits per heavy atom. The summed E-state index contributed by atoms with van der Waals surface area (Å²) in [4.78, 5) is 11.3. The Bertz CT molecular complexity index is 1130. The Morgan fingerprint density at radius 2 is 1.62 bits per heavy atom. The highest BCUT2D eigenvalue weighted by Gasteiger charge is 2.16. The highest BCUT2D eigenvalue weighted by atomic mass is 32.2. The first kappa shape index (κ1) is 22.0. The van der Waals surface area contributed by atoms with E-state index in [1.54, 1.807) is 12.1 Å². The van der Waals surface area contributed by atoms with E-state index in [-0.39, 0.29) is 11.4 Å². The zero-order chi connectivity index (χ0) is 22.4. The summed E-state index contributed by atoms with van der Waals surface area (Å²) in [5.74, 6) is 3.57. The van der Waals surface area contributed by atoms with Crippen molar-refractivity contribution in [2.75, 3.05) is 36.4 Å². The van der Waals surface area contributed by atoms with Crippen LogP contribution in [0.2, 0.25) is 0 Å². The van der Waals surface area contributed by atoms with Gasteiger partial charge in [0.25, 0.3) is 0 Å². The molecule has 0 atom stereocenters. The van der Waals surface area contributed by atoms with Crippen molar-refractivity contribution in [1.29, 1.82) is 0 Å². The number of hydrogen-bond donors (Lipinski definition) is 2. The molecule has 4 rings (SSSR count). The summed E-state index contributed by atoms with van der Waals surface area (Å²) >= 11 is 0. The second-order valence-electron chi connectivity index (χ2n) is 7.56. The first-order valence-electron chi connectivity index (χ1n) is 10.7. The maximum Gasteiger partial charge on any atom is 0.240 e. The second-order valence-corrected chi connectivity index (χ2v) is 9.33. The number of para-hydroxylation sites is 1. The molecule has 168 valence electrons. The third kappa shape index (κ3) is 5.74. The predicted octanol–water partition coefficient (Wildman–Crippen LogP) is 3.57. The van der Waals surface area contributed by atoms with Gasteiger partial charge in [0.1, 0.15) is 29.0 Å². The number of benzene rings is 2. The molecule has 8 nitrogen and oxygen atoms in total. The number of aromatic nitrogens is 2. The predicted molar refractivity (Wildman–Crippen MR) is 125 cm³/mol. The fraction of sp³-hybridized carbons (Fsp3) is 0.304. The maximum atomic E-state index is 12.6. The summed E-state index contributed by atoms with van der Waals surface area (Å²) in [6.45, 7) is 4.51. The van der Waals surface area contributed by atoms with Gasteiger partial charge >= 0.3 is 0 Å². The molecule has 1 aliphatic rings. The number of sulfonamides is 1. The molecule has 1 fully saturated rings. The average molecular weight is 454 g/mol. The number of nitrogens with zero attached hydrogens (tertiary/aromatic N) is 3. The van der Waals surface area contributed by atoms with Gasteiger partial charge in [-0.05, 0) is 56.2 Å². The van der Waals surface area contributed by atoms with Gasteiger partial charge in [-0.15, -0.1) is 0 Å². The van der Waals surface area contributed by atoms with Crippen molar-refractivity contribution < 1.29 is 13.2 Å². The SMILES string of the molecule is Cc1nc(NCCNS(=O)(=O)c2ccc(Oc3ccccc3)cc2)cc(N2CCCC2)n1. The van der Waals surface area contributed by atoms with Gasteiger partial charge in [0.2, 0.25) is 10.0 Å². The molecule has 1 aromatic heterocycles. The third-order valence-corrected chi connectivity index (χ3v) is 6.57. The molecule has 2 heterocycles. The molecule has 2 aromatic carbocycles. The molecule has 1 aliphatic heterocycles. The maximum absolute atomic E-state index is 12.6. The Kier molecular flexibility index (Phi) is 6.87. The van der Waals surface area contributed by atoms with Gasteiger partial charge in [0.05, 0.1) is 4.90 Å². The Labute approximate surface area is 188 Å². The van der Waals surface area contributed by atoms with Crippen LogP contribution in [0, 0.1) is 6.92 Å². The fourth-order valence-electron chi connectivity index (χ4n) is 3.52. The highest BCUT2D eigenvalue weighted by molar-refractivity contribution is 7.89. The first-order chi connectivity index (χ1) is 15.5. The average Bonchev–Trinajstić information content (AvgIpc) is 3.33. The van der Waals surface area contributed by atoms with Crippen LogP contribution in [-0.2, 0) is 10.0 Å². The number of anilines is 2. The molecule has 0 saturated carbocycles. The van der Waals surface area contributed by atoms with Crippen molar-refractivity contribution in [3.63, 3.8) is 0 Å². The van der Waals surface area contributed by atoms with E-state index in [4.69, 9.17) is 4.74 Å². The van der Waals surface area contributed by atoms with Gasteiger partial charge in [-0.1, -0.05) is 18.2 Å². The monoisotopic (exact) mass is 453 g/mol. The van der Waals surface area contributed by atoms with E-state index in [0.717, 1.165) is 18.9 Å². The van der Waals surface area contributed by atoms with Crippen LogP contribution in [0.3, 0.4) is 0 Å². The standard InChI is InChI=1S/C23H27N5O3S/c1-18-26-22(17-23(27-18)28-15-5-6-16-28)24-13-14-25-32(29,30)21-11-9-20(10-12-21)31-19-7-3-2-4-8-19/h2-4,7-12,17,25H,5-6,13-16H2,1H3,(H,24,26,27). The summed E-state index contributed by atoms with van der Waals surface area (Å²) in [5.41, 5.74) is 0. The van der Waals surface area contributed by atoms with Crippen LogP contribution in [0.25, 0.3) is 0 Å². The zero-order valence-corrected chi connectivity index (χ0v) is 18.8. The summed E-state index contributed by atoms with van der Waals surface area (Å²) < 4.78 is 33.5. The van der Waals surface area contributed by atoms with Crippen LogP contribution in [0.5, 0.6) is 11.5 Å². The molecule has 0 radical (unpaired) electrons. The van der Waals surface area contributed by atoms with Crippen molar-refractivity contribution in [1.82, 2.24) is 14.7 Å². The van der Waals surface area contributed by atoms with Gasteiger partial charge in [0, 0.05) is 32.2 Å². The normalized spacial score (nSPS) is 13.8. The molecule has 1 saturated heterocycles. The van der Waals surface area contributed by atoms with Gasteiger partial charge in [-0.3, -0.25) is 0 Å². The summed E-state index contributed by atoms with van der Waals surface area (Å²) in [5, 5.41) is 3.19. The Balaban J connectivity index is 1.30. The molecule has 0 aliphatic carbocycles. The molecule has 3 aromatic rings. The van der Waals surface area contributed by atoms with Crippen LogP contribution < -0.4 is 19.7 Å². The summed E-state index contributed by atoms with van der Waals surface area (Å²) in [6, 6.07) is 17.6. The smallest absolute Gasteiger partial charge is 0.240 e. The van der Waals surface area contributed by atoms with E-state index in [1.807, 2.05) is 43.3 Å². The zero-order valence-electron chi connectivity index (χ0n) is 18.0. The van der Waals surface area contributed by atoms with Crippen molar-refractivity contribution in [2.45, 2.75) is 24.7 Å². The molecular weight excluding hydrogens is 426 g/mol. The van der Waals surface area contributed by atoms with E-state index in [1.165, 1.54) is 25.0 Å². The Hall–Kier alpha value is -3.17. The lowest BCUT2D eigenvalue weighted by Crippen LogP contribution is -2.29. The number of aryl methyl sites for hydroxylation is 1. The number of hydrogen-bond acceptors (Lipinski definition) is 7. The van der Waals surface area contributed by atoms with Crippen LogP contribution in [0.1, 0.15) is 18.7 Å². The number of nitrogens with one attached hydrogen (secondary N) is 2. The lowest BCUT2D eigenvalue weighted by molar-refractivity contribution is 0.482. The van der Waals surface area contributed by atoms with Crippen LogP contribution in [0.4, 0.5) is 11.6 Å². The molecule has 0 spiro atoms. The molecule has 0 amide bonds. The number of rotatable bonds is 9. The third-order valence-electron chi connectivity index (χ3n) is 5.09. The minimum absolute atomic E-state index is 0.187. The van der Waals surface area contributed by atoms with Gasteiger partial charge in [0.15, 0.2) is 0 Å². The lowest BCUT2D eigenvalue weighted by atomic mass is 10.3. The van der Waals surface area contributed by atoms with E-state index in [0.29, 0.717) is 29.7 Å². The van der Waals surface area contributed by atoms with Crippen LogP contribution in [0.15, 0.2) is 65.6 Å². The Morgan fingerprint density at radius 1 is 0.938 bits per heavy atom. The molecule has 0 bridgehead atoms. The van der Waals surface area contributed by atoms with Crippen molar-refractivity contribution in [2.24, 2.45) is 0 Å².